The summed E-state index contributed by atoms with van der Waals surface area (Å²) in [5.74, 6) is 0.709. The molecule has 3 aromatic rings. The Morgan fingerprint density at radius 3 is 2.48 bits per heavy atom. The van der Waals surface area contributed by atoms with E-state index in [1.807, 2.05) is 32.3 Å². The Morgan fingerprint density at radius 2 is 1.83 bits per heavy atom. The number of ether oxygens (including phenoxy) is 1. The second-order valence-corrected chi connectivity index (χ2v) is 5.85. The van der Waals surface area contributed by atoms with Gasteiger partial charge in [0.1, 0.15) is 5.75 Å². The number of hydrogen-bond donors (Lipinski definition) is 1. The van der Waals surface area contributed by atoms with Gasteiger partial charge in [-0.3, -0.25) is 4.79 Å². The van der Waals surface area contributed by atoms with Gasteiger partial charge in [-0.05, 0) is 37.4 Å². The van der Waals surface area contributed by atoms with Gasteiger partial charge in [0, 0.05) is 23.7 Å². The van der Waals surface area contributed by atoms with Crippen molar-refractivity contribution in [1.82, 2.24) is 9.88 Å². The number of H-pyrrole nitrogens is 1. The molecule has 0 amide bonds. The predicted octanol–water partition coefficient (Wildman–Crippen LogP) is 3.27. The number of aromatic nitrogens is 1. The van der Waals surface area contributed by atoms with Crippen LogP contribution in [0.1, 0.15) is 5.56 Å². The van der Waals surface area contributed by atoms with Crippen LogP contribution >= 0.6 is 0 Å². The van der Waals surface area contributed by atoms with Crippen molar-refractivity contribution in [3.8, 4) is 16.9 Å². The molecule has 0 bridgehead atoms. The molecule has 1 aromatic heterocycles. The number of nitrogens with zero attached hydrogens (tertiary/aromatic N) is 1. The third-order valence-corrected chi connectivity index (χ3v) is 3.87. The fourth-order valence-electron chi connectivity index (χ4n) is 2.84. The van der Waals surface area contributed by atoms with E-state index in [0.717, 1.165) is 23.1 Å². The lowest BCUT2D eigenvalue weighted by molar-refractivity contribution is 0.402. The smallest absolute Gasteiger partial charge is 0.255 e. The third-order valence-electron chi connectivity index (χ3n) is 3.87. The molecule has 0 aliphatic rings. The average molecular weight is 308 g/mol. The van der Waals surface area contributed by atoms with Crippen molar-refractivity contribution >= 4 is 10.8 Å². The molecule has 1 N–H and O–H groups in total. The van der Waals surface area contributed by atoms with E-state index in [0.29, 0.717) is 11.1 Å². The fourth-order valence-corrected chi connectivity index (χ4v) is 2.84. The quantitative estimate of drug-likeness (QED) is 0.804. The summed E-state index contributed by atoms with van der Waals surface area (Å²) < 4.78 is 5.46. The van der Waals surface area contributed by atoms with Crippen LogP contribution in [0.2, 0.25) is 0 Å². The molecular weight excluding hydrogens is 288 g/mol. The summed E-state index contributed by atoms with van der Waals surface area (Å²) in [7, 11) is 5.72. The lowest BCUT2D eigenvalue weighted by Crippen LogP contribution is -2.10. The number of hydrogen-bond acceptors (Lipinski definition) is 3. The van der Waals surface area contributed by atoms with Crippen LogP contribution in [-0.2, 0) is 6.54 Å². The molecule has 0 saturated heterocycles. The van der Waals surface area contributed by atoms with Crippen molar-refractivity contribution < 1.29 is 4.74 Å². The molecule has 0 atom stereocenters. The standard InChI is InChI=1S/C19H20N2O2/c1-21(2)12-13-7-9-14(10-8-13)16-11-20-19(22)15-5-4-6-17(23-3)18(15)16/h4-11H,12H2,1-3H3,(H,20,22). The molecule has 4 heteroatoms. The minimum Gasteiger partial charge on any atom is -0.496 e. The van der Waals surface area contributed by atoms with E-state index in [1.54, 1.807) is 13.3 Å². The average Bonchev–Trinajstić information content (AvgIpc) is 2.55. The Labute approximate surface area is 135 Å². The van der Waals surface area contributed by atoms with Crippen molar-refractivity contribution in [3.05, 3.63) is 64.6 Å². The Kier molecular flexibility index (Phi) is 4.17. The molecule has 0 fully saturated rings. The number of methoxy groups -OCH3 is 1. The highest BCUT2D eigenvalue weighted by Crippen LogP contribution is 2.33. The van der Waals surface area contributed by atoms with Crippen LogP contribution in [0.25, 0.3) is 21.9 Å². The molecule has 23 heavy (non-hydrogen) atoms. The summed E-state index contributed by atoms with van der Waals surface area (Å²) >= 11 is 0. The van der Waals surface area contributed by atoms with Gasteiger partial charge in [0.25, 0.3) is 5.56 Å². The van der Waals surface area contributed by atoms with Gasteiger partial charge in [-0.15, -0.1) is 0 Å². The first-order valence-electron chi connectivity index (χ1n) is 7.52. The summed E-state index contributed by atoms with van der Waals surface area (Å²) in [5.41, 5.74) is 3.16. The van der Waals surface area contributed by atoms with Crippen LogP contribution in [0.5, 0.6) is 5.75 Å². The first kappa shape index (κ1) is 15.3. The zero-order valence-corrected chi connectivity index (χ0v) is 13.6. The lowest BCUT2D eigenvalue weighted by Gasteiger charge is -2.12. The number of nitrogens with one attached hydrogen (secondary N) is 1. The molecule has 0 aliphatic carbocycles. The van der Waals surface area contributed by atoms with Crippen LogP contribution in [-0.4, -0.2) is 31.1 Å². The van der Waals surface area contributed by atoms with Crippen molar-refractivity contribution in [1.29, 1.82) is 0 Å². The second kappa shape index (κ2) is 6.26. The number of aromatic amines is 1. The highest BCUT2D eigenvalue weighted by Gasteiger charge is 2.11. The second-order valence-electron chi connectivity index (χ2n) is 5.85. The monoisotopic (exact) mass is 308 g/mol. The van der Waals surface area contributed by atoms with E-state index in [1.165, 1.54) is 5.56 Å². The van der Waals surface area contributed by atoms with E-state index in [-0.39, 0.29) is 5.56 Å². The first-order chi connectivity index (χ1) is 11.1. The van der Waals surface area contributed by atoms with Crippen molar-refractivity contribution in [2.75, 3.05) is 21.2 Å². The Balaban J connectivity index is 2.16. The molecule has 0 radical (unpaired) electrons. The zero-order chi connectivity index (χ0) is 16.4. The summed E-state index contributed by atoms with van der Waals surface area (Å²) in [6.07, 6.45) is 1.76. The van der Waals surface area contributed by atoms with Crippen LogP contribution in [0, 0.1) is 0 Å². The molecule has 0 aliphatic heterocycles. The molecule has 118 valence electrons. The van der Waals surface area contributed by atoms with E-state index < -0.39 is 0 Å². The zero-order valence-electron chi connectivity index (χ0n) is 13.6. The molecule has 1 heterocycles. The minimum atomic E-state index is -0.105. The van der Waals surface area contributed by atoms with Crippen LogP contribution in [0.3, 0.4) is 0 Å². The maximum absolute atomic E-state index is 12.1. The normalized spacial score (nSPS) is 11.1. The number of rotatable bonds is 4. The first-order valence-corrected chi connectivity index (χ1v) is 7.52. The van der Waals surface area contributed by atoms with Crippen LogP contribution < -0.4 is 10.3 Å². The van der Waals surface area contributed by atoms with E-state index in [4.69, 9.17) is 4.74 Å². The summed E-state index contributed by atoms with van der Waals surface area (Å²) in [6.45, 7) is 0.899. The Hall–Kier alpha value is -2.59. The van der Waals surface area contributed by atoms with Gasteiger partial charge in [-0.25, -0.2) is 0 Å². The number of pyridine rings is 1. The van der Waals surface area contributed by atoms with Crippen molar-refractivity contribution in [2.45, 2.75) is 6.54 Å². The highest BCUT2D eigenvalue weighted by atomic mass is 16.5. The fraction of sp³-hybridized carbons (Fsp3) is 0.211. The molecule has 0 saturated carbocycles. The summed E-state index contributed by atoms with van der Waals surface area (Å²) in [4.78, 5) is 17.0. The Bertz CT molecular complexity index is 880. The summed E-state index contributed by atoms with van der Waals surface area (Å²) in [5, 5.41) is 1.48. The number of fused-ring (bicyclic) bond motifs is 1. The summed E-state index contributed by atoms with van der Waals surface area (Å²) in [6, 6.07) is 13.9. The highest BCUT2D eigenvalue weighted by molar-refractivity contribution is 6.00. The third kappa shape index (κ3) is 2.98. The van der Waals surface area contributed by atoms with Gasteiger partial charge in [-0.2, -0.15) is 0 Å². The van der Waals surface area contributed by atoms with Gasteiger partial charge < -0.3 is 14.6 Å². The van der Waals surface area contributed by atoms with Gasteiger partial charge in [0.05, 0.1) is 12.5 Å². The molecule has 0 spiro atoms. The van der Waals surface area contributed by atoms with Crippen molar-refractivity contribution in [3.63, 3.8) is 0 Å². The van der Waals surface area contributed by atoms with Gasteiger partial charge in [-0.1, -0.05) is 30.3 Å². The SMILES string of the molecule is COc1cccc2c(=O)[nH]cc(-c3ccc(CN(C)C)cc3)c12. The topological polar surface area (TPSA) is 45.3 Å². The largest absolute Gasteiger partial charge is 0.496 e. The molecule has 0 unspecified atom stereocenters. The van der Waals surface area contributed by atoms with Crippen LogP contribution in [0.4, 0.5) is 0 Å². The predicted molar refractivity (Wildman–Crippen MR) is 93.9 cm³/mol. The minimum absolute atomic E-state index is 0.105. The maximum Gasteiger partial charge on any atom is 0.255 e. The number of benzene rings is 2. The van der Waals surface area contributed by atoms with Crippen molar-refractivity contribution in [2.24, 2.45) is 0 Å². The van der Waals surface area contributed by atoms with E-state index in [9.17, 15) is 4.79 Å². The Morgan fingerprint density at radius 1 is 1.09 bits per heavy atom. The van der Waals surface area contributed by atoms with E-state index >= 15 is 0 Å². The van der Waals surface area contributed by atoms with Gasteiger partial charge >= 0.3 is 0 Å². The molecule has 3 rings (SSSR count). The van der Waals surface area contributed by atoms with Crippen LogP contribution in [0.15, 0.2) is 53.5 Å². The molecule has 2 aromatic carbocycles. The molecule has 4 nitrogen and oxygen atoms in total. The maximum atomic E-state index is 12.1. The van der Waals surface area contributed by atoms with Gasteiger partial charge in [0.15, 0.2) is 0 Å². The van der Waals surface area contributed by atoms with E-state index in [2.05, 4.69) is 34.1 Å². The van der Waals surface area contributed by atoms with Gasteiger partial charge in [0.2, 0.25) is 0 Å². The lowest BCUT2D eigenvalue weighted by atomic mass is 9.99. The molecular formula is C19H20N2O2.